The normalized spacial score (nSPS) is 12.6. The molecule has 0 fully saturated rings. The van der Waals surface area contributed by atoms with Gasteiger partial charge in [-0.25, -0.2) is 13.1 Å². The molecule has 0 spiro atoms. The number of hydrogen-bond donors (Lipinski definition) is 1. The summed E-state index contributed by atoms with van der Waals surface area (Å²) in [6.45, 7) is 6.42. The lowest BCUT2D eigenvalue weighted by molar-refractivity contribution is 0.332. The number of hydrogen-bond acceptors (Lipinski definition) is 2. The van der Waals surface area contributed by atoms with E-state index in [9.17, 15) is 8.42 Å². The Kier molecular flexibility index (Phi) is 6.02. The van der Waals surface area contributed by atoms with Gasteiger partial charge in [0, 0.05) is 11.9 Å². The SMILES string of the molecule is Cc1ccccc1S(=O)(=O)NCC(C)(C)CCCBr. The third-order valence-electron chi connectivity index (χ3n) is 3.11. The maximum atomic E-state index is 12.3. The van der Waals surface area contributed by atoms with Crippen LogP contribution in [-0.2, 0) is 10.0 Å². The van der Waals surface area contributed by atoms with Gasteiger partial charge >= 0.3 is 0 Å². The smallest absolute Gasteiger partial charge is 0.211 e. The summed E-state index contributed by atoms with van der Waals surface area (Å²) in [5, 5.41) is 0.945. The third-order valence-corrected chi connectivity index (χ3v) is 5.23. The molecule has 0 atom stereocenters. The second-order valence-electron chi connectivity index (χ2n) is 5.55. The quantitative estimate of drug-likeness (QED) is 0.767. The van der Waals surface area contributed by atoms with Crippen LogP contribution in [0.3, 0.4) is 0 Å². The highest BCUT2D eigenvalue weighted by molar-refractivity contribution is 9.09. The van der Waals surface area contributed by atoms with Gasteiger partial charge in [-0.2, -0.15) is 0 Å². The first kappa shape index (κ1) is 16.7. The van der Waals surface area contributed by atoms with Gasteiger partial charge in [0.05, 0.1) is 4.90 Å². The molecule has 19 heavy (non-hydrogen) atoms. The van der Waals surface area contributed by atoms with E-state index in [0.717, 1.165) is 23.7 Å². The second-order valence-corrected chi connectivity index (χ2v) is 8.08. The third kappa shape index (κ3) is 5.24. The van der Waals surface area contributed by atoms with Crippen LogP contribution in [0.5, 0.6) is 0 Å². The van der Waals surface area contributed by atoms with E-state index in [1.807, 2.05) is 19.1 Å². The Labute approximate surface area is 125 Å². The lowest BCUT2D eigenvalue weighted by atomic mass is 9.88. The lowest BCUT2D eigenvalue weighted by Gasteiger charge is -2.24. The number of alkyl halides is 1. The first-order valence-corrected chi connectivity index (χ1v) is 9.00. The molecule has 0 aliphatic heterocycles. The summed E-state index contributed by atoms with van der Waals surface area (Å²) < 4.78 is 27.2. The van der Waals surface area contributed by atoms with Crippen molar-refractivity contribution in [3.63, 3.8) is 0 Å². The number of aryl methyl sites for hydroxylation is 1. The highest BCUT2D eigenvalue weighted by Crippen LogP contribution is 2.23. The number of halogens is 1. The van der Waals surface area contributed by atoms with Crippen molar-refractivity contribution >= 4 is 26.0 Å². The number of rotatable bonds is 7. The molecule has 1 aromatic carbocycles. The van der Waals surface area contributed by atoms with Crippen LogP contribution in [0.15, 0.2) is 29.2 Å². The summed E-state index contributed by atoms with van der Waals surface area (Å²) in [5.74, 6) is 0. The van der Waals surface area contributed by atoms with Gasteiger partial charge in [-0.15, -0.1) is 0 Å². The van der Waals surface area contributed by atoms with Crippen LogP contribution in [-0.4, -0.2) is 20.3 Å². The Morgan fingerprint density at radius 3 is 2.47 bits per heavy atom. The van der Waals surface area contributed by atoms with Gasteiger partial charge in [0.1, 0.15) is 0 Å². The van der Waals surface area contributed by atoms with E-state index in [1.165, 1.54) is 0 Å². The summed E-state index contributed by atoms with van der Waals surface area (Å²) in [5.41, 5.74) is 0.733. The number of nitrogens with one attached hydrogen (secondary N) is 1. The molecular formula is C14H22BrNO2S. The predicted octanol–water partition coefficient (Wildman–Crippen LogP) is 3.47. The fourth-order valence-electron chi connectivity index (χ4n) is 1.86. The average Bonchev–Trinajstić information content (AvgIpc) is 2.35. The van der Waals surface area contributed by atoms with Crippen molar-refractivity contribution in [2.75, 3.05) is 11.9 Å². The first-order valence-electron chi connectivity index (χ1n) is 6.40. The van der Waals surface area contributed by atoms with Crippen LogP contribution in [0.4, 0.5) is 0 Å². The Morgan fingerprint density at radius 1 is 1.26 bits per heavy atom. The summed E-state index contributed by atoms with van der Waals surface area (Å²) in [6.07, 6.45) is 2.02. The summed E-state index contributed by atoms with van der Waals surface area (Å²) in [6, 6.07) is 7.04. The molecule has 0 aliphatic rings. The predicted molar refractivity (Wildman–Crippen MR) is 83.2 cm³/mol. The van der Waals surface area contributed by atoms with Crippen molar-refractivity contribution in [2.45, 2.75) is 38.5 Å². The Bertz CT molecular complexity index is 512. The molecule has 0 saturated carbocycles. The van der Waals surface area contributed by atoms with Crippen molar-refractivity contribution in [3.05, 3.63) is 29.8 Å². The Balaban J connectivity index is 2.74. The van der Waals surface area contributed by atoms with Crippen LogP contribution in [0.25, 0.3) is 0 Å². The molecule has 0 heterocycles. The minimum atomic E-state index is -3.41. The van der Waals surface area contributed by atoms with Crippen LogP contribution >= 0.6 is 15.9 Å². The van der Waals surface area contributed by atoms with Gasteiger partial charge in [-0.3, -0.25) is 0 Å². The molecule has 0 radical (unpaired) electrons. The molecule has 0 aliphatic carbocycles. The van der Waals surface area contributed by atoms with Crippen molar-refractivity contribution in [3.8, 4) is 0 Å². The van der Waals surface area contributed by atoms with Gasteiger partial charge in [-0.05, 0) is 36.8 Å². The van der Waals surface area contributed by atoms with Crippen LogP contribution in [0.1, 0.15) is 32.3 Å². The maximum Gasteiger partial charge on any atom is 0.240 e. The Hall–Kier alpha value is -0.390. The minimum absolute atomic E-state index is 0.0382. The van der Waals surface area contributed by atoms with Crippen molar-refractivity contribution in [1.29, 1.82) is 0 Å². The van der Waals surface area contributed by atoms with Crippen LogP contribution in [0.2, 0.25) is 0 Å². The van der Waals surface area contributed by atoms with Crippen molar-refractivity contribution < 1.29 is 8.42 Å². The largest absolute Gasteiger partial charge is 0.240 e. The molecule has 0 saturated heterocycles. The highest BCUT2D eigenvalue weighted by Gasteiger charge is 2.22. The minimum Gasteiger partial charge on any atom is -0.211 e. The first-order chi connectivity index (χ1) is 8.78. The molecule has 108 valence electrons. The van der Waals surface area contributed by atoms with Gasteiger partial charge < -0.3 is 0 Å². The molecule has 0 amide bonds. The average molecular weight is 348 g/mol. The van der Waals surface area contributed by atoms with Crippen LogP contribution in [0, 0.1) is 12.3 Å². The van der Waals surface area contributed by atoms with Gasteiger partial charge in [0.15, 0.2) is 0 Å². The lowest BCUT2D eigenvalue weighted by Crippen LogP contribution is -2.34. The van der Waals surface area contributed by atoms with E-state index in [2.05, 4.69) is 34.5 Å². The maximum absolute atomic E-state index is 12.3. The molecule has 0 bridgehead atoms. The zero-order valence-corrected chi connectivity index (χ0v) is 14.1. The monoisotopic (exact) mass is 347 g/mol. The molecule has 1 rings (SSSR count). The van der Waals surface area contributed by atoms with E-state index in [4.69, 9.17) is 0 Å². The number of sulfonamides is 1. The van der Waals surface area contributed by atoms with Crippen molar-refractivity contribution in [1.82, 2.24) is 4.72 Å². The van der Waals surface area contributed by atoms with Gasteiger partial charge in [-0.1, -0.05) is 48.0 Å². The molecule has 0 aromatic heterocycles. The second kappa shape index (κ2) is 6.86. The Morgan fingerprint density at radius 2 is 1.89 bits per heavy atom. The summed E-state index contributed by atoms with van der Waals surface area (Å²) in [7, 11) is -3.41. The molecule has 3 nitrogen and oxygen atoms in total. The topological polar surface area (TPSA) is 46.2 Å². The highest BCUT2D eigenvalue weighted by atomic mass is 79.9. The standard InChI is InChI=1S/C14H22BrNO2S/c1-12-7-4-5-8-13(12)19(17,18)16-11-14(2,3)9-6-10-15/h4-5,7-8,16H,6,9-11H2,1-3H3. The van der Waals surface area contributed by atoms with E-state index in [-0.39, 0.29) is 5.41 Å². The number of benzene rings is 1. The zero-order valence-electron chi connectivity index (χ0n) is 11.7. The van der Waals surface area contributed by atoms with E-state index in [1.54, 1.807) is 12.1 Å². The summed E-state index contributed by atoms with van der Waals surface area (Å²) >= 11 is 3.40. The van der Waals surface area contributed by atoms with E-state index in [0.29, 0.717) is 11.4 Å². The molecule has 1 N–H and O–H groups in total. The van der Waals surface area contributed by atoms with Crippen molar-refractivity contribution in [2.24, 2.45) is 5.41 Å². The van der Waals surface area contributed by atoms with E-state index < -0.39 is 10.0 Å². The molecule has 1 aromatic rings. The van der Waals surface area contributed by atoms with Gasteiger partial charge in [0.2, 0.25) is 10.0 Å². The zero-order chi connectivity index (χ0) is 14.5. The molecule has 0 unspecified atom stereocenters. The molecule has 5 heteroatoms. The molecular weight excluding hydrogens is 326 g/mol. The fraction of sp³-hybridized carbons (Fsp3) is 0.571. The summed E-state index contributed by atoms with van der Waals surface area (Å²) in [4.78, 5) is 0.367. The van der Waals surface area contributed by atoms with Gasteiger partial charge in [0.25, 0.3) is 0 Å². The van der Waals surface area contributed by atoms with E-state index >= 15 is 0 Å². The van der Waals surface area contributed by atoms with Crippen LogP contribution < -0.4 is 4.72 Å². The fourth-order valence-corrected chi connectivity index (χ4v) is 3.63.